The molecule has 1 saturated heterocycles. The fraction of sp³-hybridized carbons (Fsp3) is 0.500. The Morgan fingerprint density at radius 1 is 1.35 bits per heavy atom. The minimum absolute atomic E-state index is 0.113. The van der Waals surface area contributed by atoms with Gasteiger partial charge in [0.05, 0.1) is 17.4 Å². The molecule has 1 aliphatic rings. The van der Waals surface area contributed by atoms with Crippen LogP contribution in [0, 0.1) is 5.92 Å². The number of rotatable bonds is 4. The van der Waals surface area contributed by atoms with Gasteiger partial charge in [0.25, 0.3) is 5.91 Å². The third-order valence-electron chi connectivity index (χ3n) is 3.84. The second-order valence-electron chi connectivity index (χ2n) is 5.64. The molecule has 0 saturated carbocycles. The maximum atomic E-state index is 12.6. The zero-order valence-electron chi connectivity index (χ0n) is 13.3. The highest BCUT2D eigenvalue weighted by Gasteiger charge is 2.30. The average molecular weight is 339 g/mol. The van der Waals surface area contributed by atoms with E-state index in [0.29, 0.717) is 31.7 Å². The predicted octanol–water partition coefficient (Wildman–Crippen LogP) is 1.51. The summed E-state index contributed by atoms with van der Waals surface area (Å²) in [5.74, 6) is -0.856. The molecule has 1 unspecified atom stereocenters. The Balaban J connectivity index is 2.15. The lowest BCUT2D eigenvalue weighted by Gasteiger charge is -2.31. The van der Waals surface area contributed by atoms with E-state index in [9.17, 15) is 18.0 Å². The van der Waals surface area contributed by atoms with Gasteiger partial charge in [0.1, 0.15) is 0 Å². The Bertz CT molecular complexity index is 698. The van der Waals surface area contributed by atoms with Crippen LogP contribution in [0.5, 0.6) is 0 Å². The molecule has 1 atom stereocenters. The molecule has 6 nitrogen and oxygen atoms in total. The molecule has 1 aliphatic heterocycles. The second-order valence-corrected chi connectivity index (χ2v) is 7.66. The van der Waals surface area contributed by atoms with Crippen LogP contribution in [0.25, 0.3) is 0 Å². The van der Waals surface area contributed by atoms with Crippen molar-refractivity contribution in [3.8, 4) is 0 Å². The van der Waals surface area contributed by atoms with Gasteiger partial charge in [-0.1, -0.05) is 6.07 Å². The Hall–Kier alpha value is -1.89. The molecule has 7 heteroatoms. The van der Waals surface area contributed by atoms with Gasteiger partial charge in [0.2, 0.25) is 0 Å². The topological polar surface area (TPSA) is 80.8 Å². The van der Waals surface area contributed by atoms with E-state index in [0.717, 1.165) is 12.7 Å². The van der Waals surface area contributed by atoms with E-state index in [1.165, 1.54) is 12.1 Å². The molecule has 0 spiro atoms. The van der Waals surface area contributed by atoms with E-state index < -0.39 is 9.84 Å². The zero-order valence-corrected chi connectivity index (χ0v) is 14.1. The first-order valence-electron chi connectivity index (χ1n) is 7.59. The summed E-state index contributed by atoms with van der Waals surface area (Å²) in [5, 5.41) is 0. The van der Waals surface area contributed by atoms with Gasteiger partial charge in [-0.05, 0) is 38.0 Å². The highest BCUT2D eigenvalue weighted by atomic mass is 32.2. The van der Waals surface area contributed by atoms with Gasteiger partial charge >= 0.3 is 5.97 Å². The van der Waals surface area contributed by atoms with E-state index in [1.807, 2.05) is 0 Å². The number of carbonyl (C=O) groups is 2. The summed E-state index contributed by atoms with van der Waals surface area (Å²) in [6, 6.07) is 5.98. The minimum atomic E-state index is -3.37. The van der Waals surface area contributed by atoms with Crippen molar-refractivity contribution in [2.45, 2.75) is 24.7 Å². The van der Waals surface area contributed by atoms with Gasteiger partial charge in [-0.15, -0.1) is 0 Å². The number of benzene rings is 1. The number of likely N-dealkylation sites (tertiary alicyclic amines) is 1. The Kier molecular flexibility index (Phi) is 5.41. The molecule has 0 bridgehead atoms. The molecule has 1 aromatic carbocycles. The van der Waals surface area contributed by atoms with E-state index in [1.54, 1.807) is 24.0 Å². The number of carbonyl (C=O) groups excluding carboxylic acids is 2. The van der Waals surface area contributed by atoms with Crippen molar-refractivity contribution in [2.75, 3.05) is 26.0 Å². The third kappa shape index (κ3) is 4.31. The molecule has 0 aliphatic carbocycles. The lowest BCUT2D eigenvalue weighted by molar-refractivity contribution is -0.149. The molecular formula is C16H21NO5S. The van der Waals surface area contributed by atoms with Gasteiger partial charge < -0.3 is 9.64 Å². The van der Waals surface area contributed by atoms with E-state index in [2.05, 4.69) is 0 Å². The van der Waals surface area contributed by atoms with Crippen LogP contribution in [0.3, 0.4) is 0 Å². The van der Waals surface area contributed by atoms with Crippen molar-refractivity contribution >= 4 is 21.7 Å². The molecule has 2 rings (SSSR count). The molecule has 0 aromatic heterocycles. The summed E-state index contributed by atoms with van der Waals surface area (Å²) >= 11 is 0. The Morgan fingerprint density at radius 3 is 2.74 bits per heavy atom. The maximum Gasteiger partial charge on any atom is 0.310 e. The normalized spacial score (nSPS) is 18.5. The minimum Gasteiger partial charge on any atom is -0.466 e. The predicted molar refractivity (Wildman–Crippen MR) is 84.8 cm³/mol. The second kappa shape index (κ2) is 7.12. The van der Waals surface area contributed by atoms with Gasteiger partial charge in [0.15, 0.2) is 9.84 Å². The molecule has 1 fully saturated rings. The largest absolute Gasteiger partial charge is 0.466 e. The fourth-order valence-corrected chi connectivity index (χ4v) is 3.32. The highest BCUT2D eigenvalue weighted by molar-refractivity contribution is 7.90. The maximum absolute atomic E-state index is 12.6. The van der Waals surface area contributed by atoms with Gasteiger partial charge in [-0.3, -0.25) is 9.59 Å². The van der Waals surface area contributed by atoms with E-state index >= 15 is 0 Å². The molecule has 1 amide bonds. The molecule has 126 valence electrons. The van der Waals surface area contributed by atoms with E-state index in [4.69, 9.17) is 4.74 Å². The number of nitrogens with zero attached hydrogens (tertiary/aromatic N) is 1. The lowest BCUT2D eigenvalue weighted by atomic mass is 9.97. The van der Waals surface area contributed by atoms with Crippen molar-refractivity contribution < 1.29 is 22.7 Å². The van der Waals surface area contributed by atoms with Crippen LogP contribution in [0.1, 0.15) is 30.1 Å². The summed E-state index contributed by atoms with van der Waals surface area (Å²) < 4.78 is 28.2. The molecule has 23 heavy (non-hydrogen) atoms. The van der Waals surface area contributed by atoms with Crippen molar-refractivity contribution in [3.63, 3.8) is 0 Å². The first kappa shape index (κ1) is 17.5. The summed E-state index contributed by atoms with van der Waals surface area (Å²) in [4.78, 5) is 26.1. The van der Waals surface area contributed by atoms with Gasteiger partial charge in [0, 0.05) is 24.9 Å². The smallest absolute Gasteiger partial charge is 0.310 e. The summed E-state index contributed by atoms with van der Waals surface area (Å²) in [6.45, 7) is 2.93. The van der Waals surface area contributed by atoms with Crippen LogP contribution < -0.4 is 0 Å². The van der Waals surface area contributed by atoms with Gasteiger partial charge in [-0.25, -0.2) is 8.42 Å². The van der Waals surface area contributed by atoms with Crippen LogP contribution in [-0.4, -0.2) is 51.1 Å². The zero-order chi connectivity index (χ0) is 17.0. The van der Waals surface area contributed by atoms with Crippen LogP contribution in [0.2, 0.25) is 0 Å². The summed E-state index contributed by atoms with van der Waals surface area (Å²) in [6.07, 6.45) is 2.53. The standard InChI is InChI=1S/C16H21NO5S/c1-3-22-16(19)13-7-5-9-17(11-13)15(18)12-6-4-8-14(10-12)23(2,20)21/h4,6,8,10,13H,3,5,7,9,11H2,1-2H3. The van der Waals surface area contributed by atoms with Crippen molar-refractivity contribution in [2.24, 2.45) is 5.92 Å². The number of esters is 1. The number of ether oxygens (including phenoxy) is 1. The van der Waals surface area contributed by atoms with Crippen molar-refractivity contribution in [3.05, 3.63) is 29.8 Å². The number of hydrogen-bond donors (Lipinski definition) is 0. The molecule has 0 N–H and O–H groups in total. The third-order valence-corrected chi connectivity index (χ3v) is 4.95. The number of amides is 1. The summed E-state index contributed by atoms with van der Waals surface area (Å²) in [5.41, 5.74) is 0.317. The van der Waals surface area contributed by atoms with Crippen LogP contribution >= 0.6 is 0 Å². The van der Waals surface area contributed by atoms with E-state index in [-0.39, 0.29) is 22.7 Å². The Morgan fingerprint density at radius 2 is 2.09 bits per heavy atom. The highest BCUT2D eigenvalue weighted by Crippen LogP contribution is 2.21. The average Bonchev–Trinajstić information content (AvgIpc) is 2.54. The Labute approximate surface area is 136 Å². The lowest BCUT2D eigenvalue weighted by Crippen LogP contribution is -2.42. The summed E-state index contributed by atoms with van der Waals surface area (Å²) in [7, 11) is -3.37. The van der Waals surface area contributed by atoms with Crippen LogP contribution in [0.4, 0.5) is 0 Å². The molecule has 1 heterocycles. The van der Waals surface area contributed by atoms with Crippen molar-refractivity contribution in [1.29, 1.82) is 0 Å². The fourth-order valence-electron chi connectivity index (χ4n) is 2.66. The first-order chi connectivity index (χ1) is 10.8. The number of hydrogen-bond acceptors (Lipinski definition) is 5. The van der Waals surface area contributed by atoms with Gasteiger partial charge in [-0.2, -0.15) is 0 Å². The van der Waals surface area contributed by atoms with Crippen molar-refractivity contribution in [1.82, 2.24) is 4.90 Å². The van der Waals surface area contributed by atoms with Crippen LogP contribution in [-0.2, 0) is 19.4 Å². The SMILES string of the molecule is CCOC(=O)C1CCCN(C(=O)c2cccc(S(C)(=O)=O)c2)C1. The first-order valence-corrected chi connectivity index (χ1v) is 9.48. The van der Waals surface area contributed by atoms with Crippen LogP contribution in [0.15, 0.2) is 29.2 Å². The molecule has 1 aromatic rings. The molecule has 0 radical (unpaired) electrons. The molecular weight excluding hydrogens is 318 g/mol. The number of sulfone groups is 1. The quantitative estimate of drug-likeness (QED) is 0.777. The number of piperidine rings is 1. The monoisotopic (exact) mass is 339 g/mol.